The van der Waals surface area contributed by atoms with Crippen molar-refractivity contribution >= 4 is 11.5 Å². The second kappa shape index (κ2) is 5.85. The Hall–Kier alpha value is -1.89. The molecule has 2 fully saturated rings. The van der Waals surface area contributed by atoms with Crippen LogP contribution >= 0.6 is 0 Å². The molecule has 0 bridgehead atoms. The van der Waals surface area contributed by atoms with Crippen LogP contribution in [0.15, 0.2) is 12.1 Å². The van der Waals surface area contributed by atoms with E-state index in [2.05, 4.69) is 15.2 Å². The van der Waals surface area contributed by atoms with E-state index in [0.29, 0.717) is 24.2 Å². The van der Waals surface area contributed by atoms with E-state index in [-0.39, 0.29) is 5.69 Å². The molecule has 2 aliphatic rings. The van der Waals surface area contributed by atoms with Crippen molar-refractivity contribution in [1.82, 2.24) is 9.88 Å². The zero-order valence-corrected chi connectivity index (χ0v) is 12.1. The van der Waals surface area contributed by atoms with Crippen LogP contribution in [0.2, 0.25) is 0 Å². The van der Waals surface area contributed by atoms with Crippen LogP contribution in [0.1, 0.15) is 19.3 Å². The molecule has 1 saturated carbocycles. The van der Waals surface area contributed by atoms with Crippen LogP contribution in [-0.2, 0) is 0 Å². The fraction of sp³-hybridized carbons (Fsp3) is 0.643. The molecule has 114 valence electrons. The van der Waals surface area contributed by atoms with E-state index in [1.54, 1.807) is 0 Å². The van der Waals surface area contributed by atoms with Gasteiger partial charge >= 0.3 is 5.69 Å². The van der Waals surface area contributed by atoms with Gasteiger partial charge in [-0.2, -0.15) is 4.98 Å². The molecule has 0 amide bonds. The minimum Gasteiger partial charge on any atom is -0.481 e. The van der Waals surface area contributed by atoms with Crippen molar-refractivity contribution in [2.75, 3.05) is 32.1 Å². The van der Waals surface area contributed by atoms with Crippen LogP contribution in [0.4, 0.5) is 11.5 Å². The van der Waals surface area contributed by atoms with Gasteiger partial charge in [0.25, 0.3) is 0 Å². The lowest BCUT2D eigenvalue weighted by atomic mass is 10.1. The van der Waals surface area contributed by atoms with Gasteiger partial charge in [-0.1, -0.05) is 0 Å². The third-order valence-electron chi connectivity index (χ3n) is 4.19. The Bertz CT molecular complexity index is 533. The maximum absolute atomic E-state index is 11.0. The van der Waals surface area contributed by atoms with Gasteiger partial charge in [-0.05, 0) is 31.7 Å². The number of anilines is 1. The van der Waals surface area contributed by atoms with Crippen molar-refractivity contribution in [3.8, 4) is 5.88 Å². The van der Waals surface area contributed by atoms with E-state index in [9.17, 15) is 10.1 Å². The SMILES string of the molecule is COc1ccc([N+](=O)[O-])c(NCC2CCN(C3CC3)C2)n1. The van der Waals surface area contributed by atoms with E-state index >= 15 is 0 Å². The second-order valence-electron chi connectivity index (χ2n) is 5.74. The highest BCUT2D eigenvalue weighted by Crippen LogP contribution is 2.32. The van der Waals surface area contributed by atoms with Gasteiger partial charge < -0.3 is 15.0 Å². The number of methoxy groups -OCH3 is 1. The Kier molecular flexibility index (Phi) is 3.92. The summed E-state index contributed by atoms with van der Waals surface area (Å²) in [6.45, 7) is 2.93. The molecule has 1 aliphatic heterocycles. The summed E-state index contributed by atoms with van der Waals surface area (Å²) < 4.78 is 5.04. The van der Waals surface area contributed by atoms with Gasteiger partial charge in [0, 0.05) is 31.3 Å². The standard InChI is InChI=1S/C14H20N4O3/c1-21-13-5-4-12(18(19)20)14(16-13)15-8-10-6-7-17(9-10)11-2-3-11/h4-5,10-11H,2-3,6-9H2,1H3,(H,15,16). The summed E-state index contributed by atoms with van der Waals surface area (Å²) in [5.74, 6) is 1.21. The van der Waals surface area contributed by atoms with Crippen LogP contribution < -0.4 is 10.1 Å². The maximum Gasteiger partial charge on any atom is 0.311 e. The first-order chi connectivity index (χ1) is 10.2. The molecule has 1 saturated heterocycles. The number of nitro groups is 1. The minimum atomic E-state index is -0.417. The first-order valence-electron chi connectivity index (χ1n) is 7.34. The largest absolute Gasteiger partial charge is 0.481 e. The van der Waals surface area contributed by atoms with E-state index in [1.807, 2.05) is 0 Å². The molecule has 1 aliphatic carbocycles. The minimum absolute atomic E-state index is 0.00662. The van der Waals surface area contributed by atoms with Crippen molar-refractivity contribution in [2.24, 2.45) is 5.92 Å². The van der Waals surface area contributed by atoms with Crippen molar-refractivity contribution in [3.63, 3.8) is 0 Å². The smallest absolute Gasteiger partial charge is 0.311 e. The predicted octanol–water partition coefficient (Wildman–Crippen LogP) is 1.89. The molecule has 2 heterocycles. The lowest BCUT2D eigenvalue weighted by Crippen LogP contribution is -2.25. The molecular formula is C14H20N4O3. The third kappa shape index (κ3) is 3.24. The highest BCUT2D eigenvalue weighted by atomic mass is 16.6. The fourth-order valence-electron chi connectivity index (χ4n) is 2.87. The number of likely N-dealkylation sites (tertiary alicyclic amines) is 1. The maximum atomic E-state index is 11.0. The summed E-state index contributed by atoms with van der Waals surface area (Å²) in [4.78, 5) is 17.3. The summed E-state index contributed by atoms with van der Waals surface area (Å²) in [5.41, 5.74) is -0.00662. The molecule has 1 aromatic rings. The predicted molar refractivity (Wildman–Crippen MR) is 78.6 cm³/mol. The second-order valence-corrected chi connectivity index (χ2v) is 5.74. The average Bonchev–Trinajstić information content (AvgIpc) is 3.23. The Morgan fingerprint density at radius 3 is 2.95 bits per heavy atom. The molecular weight excluding hydrogens is 272 g/mol. The number of hydrogen-bond acceptors (Lipinski definition) is 6. The Labute approximate surface area is 123 Å². The number of aromatic nitrogens is 1. The van der Waals surface area contributed by atoms with Gasteiger partial charge in [0.15, 0.2) is 0 Å². The average molecular weight is 292 g/mol. The van der Waals surface area contributed by atoms with Crippen molar-refractivity contribution < 1.29 is 9.66 Å². The van der Waals surface area contributed by atoms with Crippen molar-refractivity contribution in [3.05, 3.63) is 22.2 Å². The molecule has 1 unspecified atom stereocenters. The summed E-state index contributed by atoms with van der Waals surface area (Å²) in [6, 6.07) is 3.73. The number of pyridine rings is 1. The van der Waals surface area contributed by atoms with E-state index in [4.69, 9.17) is 4.74 Å². The third-order valence-corrected chi connectivity index (χ3v) is 4.19. The normalized spacial score (nSPS) is 22.2. The topological polar surface area (TPSA) is 80.5 Å². The van der Waals surface area contributed by atoms with E-state index < -0.39 is 4.92 Å². The Morgan fingerprint density at radius 2 is 2.29 bits per heavy atom. The fourth-order valence-corrected chi connectivity index (χ4v) is 2.87. The van der Waals surface area contributed by atoms with E-state index in [1.165, 1.54) is 32.1 Å². The number of rotatable bonds is 6. The van der Waals surface area contributed by atoms with Gasteiger partial charge in [-0.15, -0.1) is 0 Å². The molecule has 1 aromatic heterocycles. The first-order valence-corrected chi connectivity index (χ1v) is 7.34. The molecule has 3 rings (SSSR count). The molecule has 0 aromatic carbocycles. The molecule has 0 spiro atoms. The number of nitrogens with zero attached hydrogens (tertiary/aromatic N) is 3. The van der Waals surface area contributed by atoms with Crippen LogP contribution in [0, 0.1) is 16.0 Å². The molecule has 1 N–H and O–H groups in total. The highest BCUT2D eigenvalue weighted by molar-refractivity contribution is 5.57. The summed E-state index contributed by atoms with van der Waals surface area (Å²) in [6.07, 6.45) is 3.79. The van der Waals surface area contributed by atoms with Gasteiger partial charge in [0.2, 0.25) is 11.7 Å². The molecule has 1 atom stereocenters. The lowest BCUT2D eigenvalue weighted by Gasteiger charge is -2.15. The number of nitrogens with one attached hydrogen (secondary N) is 1. The molecule has 21 heavy (non-hydrogen) atoms. The quantitative estimate of drug-likeness (QED) is 0.637. The molecule has 7 heteroatoms. The van der Waals surface area contributed by atoms with Crippen LogP contribution in [0.5, 0.6) is 5.88 Å². The van der Waals surface area contributed by atoms with E-state index in [0.717, 1.165) is 25.6 Å². The zero-order valence-electron chi connectivity index (χ0n) is 12.1. The van der Waals surface area contributed by atoms with Crippen LogP contribution in [0.3, 0.4) is 0 Å². The van der Waals surface area contributed by atoms with Gasteiger partial charge in [-0.3, -0.25) is 10.1 Å². The van der Waals surface area contributed by atoms with Gasteiger partial charge in [0.1, 0.15) is 0 Å². The van der Waals surface area contributed by atoms with Gasteiger partial charge in [-0.25, -0.2) is 0 Å². The Balaban J connectivity index is 1.62. The first kappa shape index (κ1) is 14.1. The molecule has 0 radical (unpaired) electrons. The number of hydrogen-bond donors (Lipinski definition) is 1. The number of ether oxygens (including phenoxy) is 1. The summed E-state index contributed by atoms with van der Waals surface area (Å²) >= 11 is 0. The molecule has 7 nitrogen and oxygen atoms in total. The Morgan fingerprint density at radius 1 is 1.48 bits per heavy atom. The van der Waals surface area contributed by atoms with Crippen molar-refractivity contribution in [2.45, 2.75) is 25.3 Å². The highest BCUT2D eigenvalue weighted by Gasteiger charge is 2.34. The van der Waals surface area contributed by atoms with Crippen molar-refractivity contribution in [1.29, 1.82) is 0 Å². The monoisotopic (exact) mass is 292 g/mol. The zero-order chi connectivity index (χ0) is 14.8. The summed E-state index contributed by atoms with van der Waals surface area (Å²) in [5, 5.41) is 14.2. The van der Waals surface area contributed by atoms with Crippen LogP contribution in [0.25, 0.3) is 0 Å². The van der Waals surface area contributed by atoms with Gasteiger partial charge in [0.05, 0.1) is 12.0 Å². The summed E-state index contributed by atoms with van der Waals surface area (Å²) in [7, 11) is 1.50. The van der Waals surface area contributed by atoms with Crippen LogP contribution in [-0.4, -0.2) is 47.6 Å². The lowest BCUT2D eigenvalue weighted by molar-refractivity contribution is -0.384.